The van der Waals surface area contributed by atoms with E-state index < -0.39 is 0 Å². The number of halogens is 2. The highest BCUT2D eigenvalue weighted by Crippen LogP contribution is 2.21. The van der Waals surface area contributed by atoms with Gasteiger partial charge in [-0.2, -0.15) is 0 Å². The average molecular weight is 270 g/mol. The summed E-state index contributed by atoms with van der Waals surface area (Å²) in [6, 6.07) is 8.86. The molecule has 1 heterocycles. The molecule has 0 amide bonds. The van der Waals surface area contributed by atoms with Gasteiger partial charge in [0.1, 0.15) is 5.82 Å². The van der Waals surface area contributed by atoms with Crippen LogP contribution in [0, 0.1) is 5.82 Å². The van der Waals surface area contributed by atoms with Crippen molar-refractivity contribution in [2.45, 2.75) is 18.9 Å². The lowest BCUT2D eigenvalue weighted by atomic mass is 10.0. The number of benzene rings is 1. The van der Waals surface area contributed by atoms with Gasteiger partial charge in [0.25, 0.3) is 0 Å². The maximum absolute atomic E-state index is 13.2. The lowest BCUT2D eigenvalue weighted by Gasteiger charge is -2.12. The van der Waals surface area contributed by atoms with Gasteiger partial charge >= 0.3 is 0 Å². The molecule has 1 aromatic carbocycles. The fourth-order valence-corrected chi connectivity index (χ4v) is 2.75. The van der Waals surface area contributed by atoms with Crippen molar-refractivity contribution in [2.24, 2.45) is 5.73 Å². The normalized spacial score (nSPS) is 12.6. The van der Waals surface area contributed by atoms with Gasteiger partial charge in [-0.3, -0.25) is 0 Å². The highest BCUT2D eigenvalue weighted by Gasteiger charge is 2.11. The number of hydrogen-bond acceptors (Lipinski definition) is 2. The Hall–Kier alpha value is -0.900. The van der Waals surface area contributed by atoms with Crippen LogP contribution >= 0.6 is 22.9 Å². The Morgan fingerprint density at radius 3 is 2.76 bits per heavy atom. The Morgan fingerprint density at radius 2 is 2.06 bits per heavy atom. The summed E-state index contributed by atoms with van der Waals surface area (Å²) < 4.78 is 13.2. The fourth-order valence-electron chi connectivity index (χ4n) is 1.75. The Bertz CT molecular complexity index is 484. The lowest BCUT2D eigenvalue weighted by molar-refractivity contribution is 0.619. The van der Waals surface area contributed by atoms with Crippen molar-refractivity contribution in [2.75, 3.05) is 0 Å². The Morgan fingerprint density at radius 1 is 1.24 bits per heavy atom. The van der Waals surface area contributed by atoms with Crippen LogP contribution in [0.4, 0.5) is 4.39 Å². The molecule has 0 saturated heterocycles. The third kappa shape index (κ3) is 3.28. The molecule has 0 spiro atoms. The van der Waals surface area contributed by atoms with E-state index in [2.05, 4.69) is 6.07 Å². The van der Waals surface area contributed by atoms with Crippen LogP contribution in [-0.4, -0.2) is 6.04 Å². The van der Waals surface area contributed by atoms with E-state index in [1.165, 1.54) is 10.9 Å². The van der Waals surface area contributed by atoms with Gasteiger partial charge in [0.05, 0.1) is 5.02 Å². The molecule has 0 radical (unpaired) electrons. The van der Waals surface area contributed by atoms with Crippen LogP contribution < -0.4 is 5.73 Å². The van der Waals surface area contributed by atoms with Crippen LogP contribution in [0.25, 0.3) is 0 Å². The second-order valence-corrected chi connectivity index (χ2v) is 5.37. The molecular weight excluding hydrogens is 257 g/mol. The quantitative estimate of drug-likeness (QED) is 0.901. The highest BCUT2D eigenvalue weighted by molar-refractivity contribution is 7.09. The largest absolute Gasteiger partial charge is 0.327 e. The van der Waals surface area contributed by atoms with Crippen molar-refractivity contribution in [3.05, 3.63) is 57.0 Å². The third-order valence-electron chi connectivity index (χ3n) is 2.56. The Labute approximate surface area is 109 Å². The number of nitrogens with two attached hydrogens (primary N) is 1. The van der Waals surface area contributed by atoms with Gasteiger partial charge < -0.3 is 5.73 Å². The second kappa shape index (κ2) is 5.63. The van der Waals surface area contributed by atoms with Gasteiger partial charge in [0.2, 0.25) is 0 Å². The van der Waals surface area contributed by atoms with Gasteiger partial charge in [0, 0.05) is 10.9 Å². The first-order chi connectivity index (χ1) is 8.16. The molecule has 0 bridgehead atoms. The Kier molecular flexibility index (Phi) is 4.15. The van der Waals surface area contributed by atoms with E-state index in [-0.39, 0.29) is 16.9 Å². The molecule has 4 heteroatoms. The molecule has 1 aromatic heterocycles. The Balaban J connectivity index is 2.03. The van der Waals surface area contributed by atoms with Gasteiger partial charge in [-0.1, -0.05) is 29.8 Å². The van der Waals surface area contributed by atoms with Crippen LogP contribution in [0.15, 0.2) is 35.7 Å². The minimum absolute atomic E-state index is 0.0343. The number of thiophene rings is 1. The molecule has 0 aliphatic heterocycles. The smallest absolute Gasteiger partial charge is 0.142 e. The molecule has 2 aromatic rings. The van der Waals surface area contributed by atoms with E-state index in [4.69, 9.17) is 17.3 Å². The van der Waals surface area contributed by atoms with E-state index in [0.717, 1.165) is 12.0 Å². The summed E-state index contributed by atoms with van der Waals surface area (Å²) in [5.41, 5.74) is 6.82. The van der Waals surface area contributed by atoms with Crippen molar-refractivity contribution < 1.29 is 4.39 Å². The average Bonchev–Trinajstić information content (AvgIpc) is 2.77. The van der Waals surface area contributed by atoms with E-state index in [1.807, 2.05) is 17.5 Å². The number of hydrogen-bond donors (Lipinski definition) is 1. The molecule has 90 valence electrons. The first kappa shape index (κ1) is 12.6. The van der Waals surface area contributed by atoms with Crippen molar-refractivity contribution >= 4 is 22.9 Å². The van der Waals surface area contributed by atoms with Crippen LogP contribution in [0.1, 0.15) is 10.4 Å². The zero-order chi connectivity index (χ0) is 12.3. The lowest BCUT2D eigenvalue weighted by Crippen LogP contribution is -2.25. The predicted molar refractivity (Wildman–Crippen MR) is 71.1 cm³/mol. The third-order valence-corrected chi connectivity index (χ3v) is 3.88. The summed E-state index contributed by atoms with van der Waals surface area (Å²) in [5.74, 6) is -0.382. The monoisotopic (exact) mass is 269 g/mol. The summed E-state index contributed by atoms with van der Waals surface area (Å²) in [6.07, 6.45) is 1.39. The van der Waals surface area contributed by atoms with Crippen molar-refractivity contribution in [1.82, 2.24) is 0 Å². The van der Waals surface area contributed by atoms with Crippen molar-refractivity contribution in [3.63, 3.8) is 0 Å². The van der Waals surface area contributed by atoms with Crippen LogP contribution in [0.3, 0.4) is 0 Å². The molecule has 1 nitrogen and oxygen atoms in total. The molecule has 0 aliphatic rings. The topological polar surface area (TPSA) is 26.0 Å². The van der Waals surface area contributed by atoms with Crippen LogP contribution in [0.2, 0.25) is 5.02 Å². The first-order valence-corrected chi connectivity index (χ1v) is 6.63. The molecule has 0 saturated carbocycles. The minimum Gasteiger partial charge on any atom is -0.327 e. The summed E-state index contributed by atoms with van der Waals surface area (Å²) >= 11 is 7.57. The molecule has 1 atom stereocenters. The second-order valence-electron chi connectivity index (χ2n) is 3.96. The first-order valence-electron chi connectivity index (χ1n) is 5.37. The predicted octanol–water partition coefficient (Wildman–Crippen LogP) is 3.65. The maximum Gasteiger partial charge on any atom is 0.142 e. The van der Waals surface area contributed by atoms with Gasteiger partial charge in [0.15, 0.2) is 0 Å². The van der Waals surface area contributed by atoms with Crippen molar-refractivity contribution in [1.29, 1.82) is 0 Å². The molecule has 0 fully saturated rings. The standard InChI is InChI=1S/C13H13ClFNS/c14-13-9(3-1-5-12(13)15)7-10(16)8-11-4-2-6-17-11/h1-6,10H,7-8,16H2. The minimum atomic E-state index is -0.382. The zero-order valence-corrected chi connectivity index (χ0v) is 10.8. The molecule has 1 unspecified atom stereocenters. The SMILES string of the molecule is NC(Cc1cccs1)Cc1cccc(F)c1Cl. The molecule has 0 aliphatic carbocycles. The van der Waals surface area contributed by atoms with E-state index in [9.17, 15) is 4.39 Å². The van der Waals surface area contributed by atoms with Crippen LogP contribution in [0.5, 0.6) is 0 Å². The zero-order valence-electron chi connectivity index (χ0n) is 9.20. The number of rotatable bonds is 4. The summed E-state index contributed by atoms with van der Waals surface area (Å²) in [5, 5.41) is 2.21. The van der Waals surface area contributed by atoms with E-state index in [1.54, 1.807) is 17.4 Å². The van der Waals surface area contributed by atoms with Gasteiger partial charge in [-0.05, 0) is 35.9 Å². The highest BCUT2D eigenvalue weighted by atomic mass is 35.5. The maximum atomic E-state index is 13.2. The summed E-state index contributed by atoms with van der Waals surface area (Å²) in [6.45, 7) is 0. The summed E-state index contributed by atoms with van der Waals surface area (Å²) in [7, 11) is 0. The van der Waals surface area contributed by atoms with E-state index >= 15 is 0 Å². The molecule has 2 N–H and O–H groups in total. The van der Waals surface area contributed by atoms with Gasteiger partial charge in [-0.15, -0.1) is 11.3 Å². The summed E-state index contributed by atoms with van der Waals surface area (Å²) in [4.78, 5) is 1.24. The van der Waals surface area contributed by atoms with Gasteiger partial charge in [-0.25, -0.2) is 4.39 Å². The van der Waals surface area contributed by atoms with Crippen LogP contribution in [-0.2, 0) is 12.8 Å². The molecular formula is C13H13ClFNS. The molecule has 2 rings (SSSR count). The fraction of sp³-hybridized carbons (Fsp3) is 0.231. The van der Waals surface area contributed by atoms with E-state index in [0.29, 0.717) is 6.42 Å². The van der Waals surface area contributed by atoms with Crippen molar-refractivity contribution in [3.8, 4) is 0 Å². The molecule has 17 heavy (non-hydrogen) atoms.